The average molecular weight is 460 g/mol. The monoisotopic (exact) mass is 459 g/mol. The second kappa shape index (κ2) is 9.34. The number of rotatable bonds is 6. The summed E-state index contributed by atoms with van der Waals surface area (Å²) < 4.78 is 42.2. The molecular weight excluding hydrogens is 446 g/mol. The van der Waals surface area contributed by atoms with Crippen LogP contribution in [0.4, 0.5) is 10.5 Å². The van der Waals surface area contributed by atoms with E-state index < -0.39 is 16.2 Å². The number of nitriles is 1. The topological polar surface area (TPSA) is 128 Å². The van der Waals surface area contributed by atoms with E-state index in [1.165, 1.54) is 42.6 Å². The number of halogens is 1. The fourth-order valence-electron chi connectivity index (χ4n) is 2.35. The van der Waals surface area contributed by atoms with Crippen LogP contribution in [0.3, 0.4) is 0 Å². The maximum absolute atomic E-state index is 12.6. The minimum Gasteiger partial charge on any atom is -0.456 e. The van der Waals surface area contributed by atoms with Gasteiger partial charge in [0.15, 0.2) is 0 Å². The first-order valence-electron chi connectivity index (χ1n) is 8.53. The Balaban J connectivity index is 1.72. The maximum Gasteiger partial charge on any atom is 0.514 e. The van der Waals surface area contributed by atoms with Crippen molar-refractivity contribution in [3.05, 3.63) is 71.4 Å². The van der Waals surface area contributed by atoms with Crippen molar-refractivity contribution in [2.24, 2.45) is 0 Å². The Hall–Kier alpha value is -3.81. The van der Waals surface area contributed by atoms with Crippen LogP contribution in [-0.4, -0.2) is 26.7 Å². The van der Waals surface area contributed by atoms with Crippen LogP contribution >= 0.6 is 11.6 Å². The summed E-state index contributed by atoms with van der Waals surface area (Å²) in [5.41, 5.74) is 0.338. The number of methoxy groups -OCH3 is 1. The maximum atomic E-state index is 12.6. The second-order valence-electron chi connectivity index (χ2n) is 5.85. The van der Waals surface area contributed by atoms with E-state index in [2.05, 4.69) is 14.4 Å². The minimum absolute atomic E-state index is 0.0265. The predicted molar refractivity (Wildman–Crippen MR) is 111 cm³/mol. The van der Waals surface area contributed by atoms with Crippen LogP contribution in [0.25, 0.3) is 0 Å². The molecule has 0 fully saturated rings. The third kappa shape index (κ3) is 5.42. The number of carbonyl (C=O) groups is 1. The highest BCUT2D eigenvalue weighted by Gasteiger charge is 2.16. The molecule has 0 saturated carbocycles. The van der Waals surface area contributed by atoms with Crippen LogP contribution in [0.15, 0.2) is 65.7 Å². The first kappa shape index (κ1) is 21.9. The molecule has 3 rings (SSSR count). The van der Waals surface area contributed by atoms with Gasteiger partial charge < -0.3 is 14.2 Å². The predicted octanol–water partition coefficient (Wildman–Crippen LogP) is 4.34. The van der Waals surface area contributed by atoms with Gasteiger partial charge in [0, 0.05) is 6.07 Å². The summed E-state index contributed by atoms with van der Waals surface area (Å²) in [6, 6.07) is 15.0. The number of carbonyl (C=O) groups excluding carboxylic acids is 1. The number of anilines is 1. The van der Waals surface area contributed by atoms with Gasteiger partial charge >= 0.3 is 6.16 Å². The summed E-state index contributed by atoms with van der Waals surface area (Å²) in [7, 11) is -2.76. The Bertz CT molecular complexity index is 1240. The quantitative estimate of drug-likeness (QED) is 0.539. The highest BCUT2D eigenvalue weighted by atomic mass is 35.5. The fraction of sp³-hybridized carbons (Fsp3) is 0.0500. The van der Waals surface area contributed by atoms with Crippen LogP contribution in [0.1, 0.15) is 5.56 Å². The average Bonchev–Trinajstić information content (AvgIpc) is 2.75. The molecule has 0 bridgehead atoms. The highest BCUT2D eigenvalue weighted by Crippen LogP contribution is 2.30. The van der Waals surface area contributed by atoms with E-state index in [-0.39, 0.29) is 32.8 Å². The van der Waals surface area contributed by atoms with Crippen molar-refractivity contribution in [3.8, 4) is 23.4 Å². The molecule has 0 atom stereocenters. The standard InChI is InChI=1S/C20H14ClN3O6S/c1-28-20(25)30-19-10-5-13(12-23-19)24-31(26,27)15-8-6-14(7-9-15)29-18-4-2-3-17(21)16(18)11-22/h2-10,12,24H,1H3. The molecule has 3 aromatic rings. The first-order valence-corrected chi connectivity index (χ1v) is 10.4. The van der Waals surface area contributed by atoms with Gasteiger partial charge in [-0.2, -0.15) is 5.26 Å². The lowest BCUT2D eigenvalue weighted by molar-refractivity contribution is 0.119. The molecular formula is C20H14ClN3O6S. The lowest BCUT2D eigenvalue weighted by Crippen LogP contribution is -2.13. The number of pyridine rings is 1. The lowest BCUT2D eigenvalue weighted by Gasteiger charge is -2.11. The fourth-order valence-corrected chi connectivity index (χ4v) is 3.61. The third-order valence-corrected chi connectivity index (χ3v) is 5.50. The van der Waals surface area contributed by atoms with Crippen molar-refractivity contribution in [1.29, 1.82) is 5.26 Å². The van der Waals surface area contributed by atoms with Crippen molar-refractivity contribution < 1.29 is 27.4 Å². The molecule has 0 spiro atoms. The SMILES string of the molecule is COC(=O)Oc1ccc(NS(=O)(=O)c2ccc(Oc3cccc(Cl)c3C#N)cc2)cn1. The van der Waals surface area contributed by atoms with Crippen molar-refractivity contribution in [2.45, 2.75) is 4.90 Å². The number of hydrogen-bond donors (Lipinski definition) is 1. The minimum atomic E-state index is -3.91. The van der Waals surface area contributed by atoms with E-state index >= 15 is 0 Å². The molecule has 158 valence electrons. The highest BCUT2D eigenvalue weighted by molar-refractivity contribution is 7.92. The number of ether oxygens (including phenoxy) is 3. The van der Waals surface area contributed by atoms with Crippen LogP contribution in [-0.2, 0) is 14.8 Å². The van der Waals surface area contributed by atoms with Gasteiger partial charge in [-0.3, -0.25) is 4.72 Å². The largest absolute Gasteiger partial charge is 0.514 e. The summed E-state index contributed by atoms with van der Waals surface area (Å²) in [6.45, 7) is 0. The molecule has 0 radical (unpaired) electrons. The van der Waals surface area contributed by atoms with E-state index in [1.54, 1.807) is 18.2 Å². The van der Waals surface area contributed by atoms with E-state index in [4.69, 9.17) is 21.1 Å². The number of aromatic nitrogens is 1. The molecule has 31 heavy (non-hydrogen) atoms. The van der Waals surface area contributed by atoms with Crippen molar-refractivity contribution in [2.75, 3.05) is 11.8 Å². The van der Waals surface area contributed by atoms with Gasteiger partial charge in [-0.25, -0.2) is 18.2 Å². The summed E-state index contributed by atoms with van der Waals surface area (Å²) in [6.07, 6.45) is 0.248. The molecule has 1 aromatic heterocycles. The van der Waals surface area contributed by atoms with Gasteiger partial charge in [-0.15, -0.1) is 0 Å². The Morgan fingerprint density at radius 3 is 2.48 bits per heavy atom. The zero-order valence-corrected chi connectivity index (χ0v) is 17.5. The van der Waals surface area contributed by atoms with E-state index in [9.17, 15) is 18.5 Å². The van der Waals surface area contributed by atoms with Gasteiger partial charge in [-0.05, 0) is 42.5 Å². The van der Waals surface area contributed by atoms with Crippen molar-refractivity contribution in [3.63, 3.8) is 0 Å². The smallest absolute Gasteiger partial charge is 0.456 e. The Morgan fingerprint density at radius 1 is 1.13 bits per heavy atom. The molecule has 0 unspecified atom stereocenters. The van der Waals surface area contributed by atoms with Gasteiger partial charge in [-0.1, -0.05) is 17.7 Å². The zero-order valence-electron chi connectivity index (χ0n) is 15.9. The number of sulfonamides is 1. The van der Waals surface area contributed by atoms with Crippen molar-refractivity contribution in [1.82, 2.24) is 4.98 Å². The number of benzene rings is 2. The van der Waals surface area contributed by atoms with E-state index in [0.717, 1.165) is 7.11 Å². The Labute approximate surface area is 182 Å². The Kier molecular flexibility index (Phi) is 6.59. The van der Waals surface area contributed by atoms with Crippen LogP contribution in [0, 0.1) is 11.3 Å². The molecule has 2 aromatic carbocycles. The molecule has 0 saturated heterocycles. The van der Waals surface area contributed by atoms with Gasteiger partial charge in [0.1, 0.15) is 23.1 Å². The molecule has 9 nitrogen and oxygen atoms in total. The molecule has 1 heterocycles. The molecule has 0 aliphatic heterocycles. The summed E-state index contributed by atoms with van der Waals surface area (Å²) in [4.78, 5) is 14.8. The van der Waals surface area contributed by atoms with Gasteiger partial charge in [0.05, 0.1) is 28.9 Å². The van der Waals surface area contributed by atoms with Gasteiger partial charge in [0.25, 0.3) is 10.0 Å². The number of nitrogens with zero attached hydrogens (tertiary/aromatic N) is 2. The summed E-state index contributed by atoms with van der Waals surface area (Å²) >= 11 is 5.97. The van der Waals surface area contributed by atoms with Gasteiger partial charge in [0.2, 0.25) is 5.88 Å². The molecule has 11 heteroatoms. The molecule has 0 aliphatic carbocycles. The molecule has 0 aliphatic rings. The Morgan fingerprint density at radius 2 is 1.87 bits per heavy atom. The lowest BCUT2D eigenvalue weighted by atomic mass is 10.2. The van der Waals surface area contributed by atoms with Crippen LogP contribution in [0.5, 0.6) is 17.4 Å². The van der Waals surface area contributed by atoms with Crippen LogP contribution < -0.4 is 14.2 Å². The second-order valence-corrected chi connectivity index (χ2v) is 7.93. The van der Waals surface area contributed by atoms with Crippen LogP contribution in [0.2, 0.25) is 5.02 Å². The normalized spacial score (nSPS) is 10.6. The molecule has 0 amide bonds. The third-order valence-electron chi connectivity index (χ3n) is 3.79. The molecule has 1 N–H and O–H groups in total. The summed E-state index contributed by atoms with van der Waals surface area (Å²) in [5, 5.41) is 9.45. The zero-order chi connectivity index (χ0) is 22.4. The number of nitrogens with one attached hydrogen (secondary N) is 1. The van der Waals surface area contributed by atoms with Crippen molar-refractivity contribution >= 4 is 33.5 Å². The summed E-state index contributed by atoms with van der Waals surface area (Å²) in [5.74, 6) is 0.529. The first-order chi connectivity index (χ1) is 14.8. The van der Waals surface area contributed by atoms with E-state index in [0.29, 0.717) is 5.75 Å². The number of hydrogen-bond acceptors (Lipinski definition) is 8. The van der Waals surface area contributed by atoms with E-state index in [1.807, 2.05) is 6.07 Å².